The second-order valence-electron chi connectivity index (χ2n) is 8.33. The molecule has 0 saturated carbocycles. The van der Waals surface area contributed by atoms with Gasteiger partial charge < -0.3 is 19.3 Å². The molecule has 2 aromatic rings. The van der Waals surface area contributed by atoms with Gasteiger partial charge in [0.1, 0.15) is 11.5 Å². The lowest BCUT2D eigenvalue weighted by Gasteiger charge is -2.32. The molecule has 0 unspecified atom stereocenters. The van der Waals surface area contributed by atoms with Crippen LogP contribution in [0.2, 0.25) is 0 Å². The predicted molar refractivity (Wildman–Crippen MR) is 119 cm³/mol. The minimum Gasteiger partial charge on any atom is -0.497 e. The fraction of sp³-hybridized carbons (Fsp3) is 0.440. The maximum atomic E-state index is 12.9. The highest BCUT2D eigenvalue weighted by molar-refractivity contribution is 5.95. The van der Waals surface area contributed by atoms with E-state index in [1.165, 1.54) is 0 Å². The summed E-state index contributed by atoms with van der Waals surface area (Å²) in [6.07, 6.45) is 4.15. The van der Waals surface area contributed by atoms with Gasteiger partial charge in [-0.1, -0.05) is 6.07 Å². The minimum atomic E-state index is 0.0468. The Hall–Kier alpha value is -3.02. The summed E-state index contributed by atoms with van der Waals surface area (Å²) in [5.74, 6) is 1.85. The van der Waals surface area contributed by atoms with Crippen LogP contribution in [0.15, 0.2) is 48.5 Å². The first-order valence-corrected chi connectivity index (χ1v) is 11.1. The number of amides is 2. The summed E-state index contributed by atoms with van der Waals surface area (Å²) in [5.41, 5.74) is 1.36. The van der Waals surface area contributed by atoms with Gasteiger partial charge >= 0.3 is 0 Å². The van der Waals surface area contributed by atoms with Gasteiger partial charge in [-0.05, 0) is 68.1 Å². The topological polar surface area (TPSA) is 59.1 Å². The minimum absolute atomic E-state index is 0.0468. The normalized spacial score (nSPS) is 18.7. The number of carbonyl (C=O) groups is 2. The Kier molecular flexibility index (Phi) is 6.75. The van der Waals surface area contributed by atoms with Crippen molar-refractivity contribution in [3.8, 4) is 11.5 Å². The van der Waals surface area contributed by atoms with Gasteiger partial charge in [-0.3, -0.25) is 9.59 Å². The number of likely N-dealkylation sites (tertiary alicyclic amines) is 2. The maximum absolute atomic E-state index is 12.9. The molecule has 0 radical (unpaired) electrons. The van der Waals surface area contributed by atoms with Crippen molar-refractivity contribution in [2.24, 2.45) is 5.92 Å². The molecule has 2 aliphatic rings. The van der Waals surface area contributed by atoms with E-state index in [9.17, 15) is 9.59 Å². The molecule has 0 N–H and O–H groups in total. The fourth-order valence-corrected chi connectivity index (χ4v) is 4.34. The molecule has 0 aromatic heterocycles. The molecule has 31 heavy (non-hydrogen) atoms. The van der Waals surface area contributed by atoms with Crippen molar-refractivity contribution >= 4 is 11.8 Å². The number of rotatable bonds is 6. The summed E-state index contributed by atoms with van der Waals surface area (Å²) in [6, 6.07) is 14.7. The van der Waals surface area contributed by atoms with E-state index in [1.54, 1.807) is 7.11 Å². The lowest BCUT2D eigenvalue weighted by atomic mass is 9.98. The van der Waals surface area contributed by atoms with Crippen LogP contribution in [-0.2, 0) is 0 Å². The molecule has 2 heterocycles. The fourth-order valence-electron chi connectivity index (χ4n) is 4.34. The summed E-state index contributed by atoms with van der Waals surface area (Å²) >= 11 is 0. The van der Waals surface area contributed by atoms with Crippen molar-refractivity contribution in [1.29, 1.82) is 0 Å². The highest BCUT2D eigenvalue weighted by Gasteiger charge is 2.25. The van der Waals surface area contributed by atoms with Crippen LogP contribution >= 0.6 is 0 Å². The number of ether oxygens (including phenoxy) is 2. The van der Waals surface area contributed by atoms with Crippen LogP contribution in [0.5, 0.6) is 11.5 Å². The number of piperidine rings is 1. The number of methoxy groups -OCH3 is 1. The Labute approximate surface area is 183 Å². The summed E-state index contributed by atoms with van der Waals surface area (Å²) in [4.78, 5) is 29.3. The zero-order valence-corrected chi connectivity index (χ0v) is 18.1. The molecule has 4 rings (SSSR count). The molecule has 0 bridgehead atoms. The first-order valence-electron chi connectivity index (χ1n) is 11.1. The van der Waals surface area contributed by atoms with Gasteiger partial charge in [0.2, 0.25) is 0 Å². The number of hydrogen-bond donors (Lipinski definition) is 0. The van der Waals surface area contributed by atoms with Gasteiger partial charge in [-0.25, -0.2) is 0 Å². The number of hydrogen-bond acceptors (Lipinski definition) is 4. The third-order valence-electron chi connectivity index (χ3n) is 6.10. The third kappa shape index (κ3) is 5.19. The molecular weight excluding hydrogens is 392 g/mol. The van der Waals surface area contributed by atoms with E-state index in [4.69, 9.17) is 9.47 Å². The third-order valence-corrected chi connectivity index (χ3v) is 6.10. The molecule has 6 heteroatoms. The highest BCUT2D eigenvalue weighted by atomic mass is 16.5. The molecule has 164 valence electrons. The van der Waals surface area contributed by atoms with E-state index in [1.807, 2.05) is 58.3 Å². The molecule has 2 aromatic carbocycles. The molecule has 1 atom stereocenters. The van der Waals surface area contributed by atoms with E-state index in [0.717, 1.165) is 51.1 Å². The van der Waals surface area contributed by atoms with Crippen molar-refractivity contribution in [3.63, 3.8) is 0 Å². The summed E-state index contributed by atoms with van der Waals surface area (Å²) in [7, 11) is 1.62. The standard InChI is InChI=1S/C25H30N2O4/c1-30-22-11-9-20(10-12-22)24(28)27-15-5-6-19(17-27)18-31-23-8-4-7-21(16-23)25(29)26-13-2-3-14-26/h4,7-12,16,19H,2-3,5-6,13-15,17-18H2,1H3/t19-/m1/s1. The summed E-state index contributed by atoms with van der Waals surface area (Å²) in [6.45, 7) is 3.65. The van der Waals surface area contributed by atoms with Crippen molar-refractivity contribution in [2.75, 3.05) is 39.9 Å². The smallest absolute Gasteiger partial charge is 0.253 e. The van der Waals surface area contributed by atoms with Gasteiger partial charge in [-0.2, -0.15) is 0 Å². The Morgan fingerprint density at radius 2 is 1.58 bits per heavy atom. The van der Waals surface area contributed by atoms with Gasteiger partial charge in [0, 0.05) is 43.2 Å². The Morgan fingerprint density at radius 3 is 2.32 bits per heavy atom. The molecule has 0 aliphatic carbocycles. The zero-order chi connectivity index (χ0) is 21.6. The molecule has 6 nitrogen and oxygen atoms in total. The molecule has 2 aliphatic heterocycles. The Balaban J connectivity index is 1.33. The van der Waals surface area contributed by atoms with Crippen molar-refractivity contribution in [1.82, 2.24) is 9.80 Å². The molecule has 0 spiro atoms. The van der Waals surface area contributed by atoms with Crippen molar-refractivity contribution in [2.45, 2.75) is 25.7 Å². The average molecular weight is 423 g/mol. The molecule has 2 amide bonds. The first-order chi connectivity index (χ1) is 15.1. The second kappa shape index (κ2) is 9.86. The average Bonchev–Trinajstić information content (AvgIpc) is 3.37. The lowest BCUT2D eigenvalue weighted by Crippen LogP contribution is -2.41. The number of carbonyl (C=O) groups excluding carboxylic acids is 2. The second-order valence-corrected chi connectivity index (χ2v) is 8.33. The maximum Gasteiger partial charge on any atom is 0.253 e. The van der Waals surface area contributed by atoms with Crippen LogP contribution in [-0.4, -0.2) is 61.5 Å². The monoisotopic (exact) mass is 422 g/mol. The van der Waals surface area contributed by atoms with Gasteiger partial charge in [0.05, 0.1) is 13.7 Å². The van der Waals surface area contributed by atoms with Gasteiger partial charge in [0.15, 0.2) is 0 Å². The lowest BCUT2D eigenvalue weighted by molar-refractivity contribution is 0.0632. The summed E-state index contributed by atoms with van der Waals surface area (Å²) in [5, 5.41) is 0. The van der Waals surface area contributed by atoms with Gasteiger partial charge in [-0.15, -0.1) is 0 Å². The largest absolute Gasteiger partial charge is 0.497 e. The van der Waals surface area contributed by atoms with E-state index in [2.05, 4.69) is 0 Å². The van der Waals surface area contributed by atoms with Crippen molar-refractivity contribution in [3.05, 3.63) is 59.7 Å². The molecule has 2 fully saturated rings. The summed E-state index contributed by atoms with van der Waals surface area (Å²) < 4.78 is 11.2. The number of benzene rings is 2. The quantitative estimate of drug-likeness (QED) is 0.709. The SMILES string of the molecule is COc1ccc(C(=O)N2CCC[C@@H](COc3cccc(C(=O)N4CCCC4)c3)C2)cc1. The van der Waals surface area contributed by atoms with E-state index < -0.39 is 0 Å². The van der Waals surface area contributed by atoms with Crippen LogP contribution in [0.4, 0.5) is 0 Å². The van der Waals surface area contributed by atoms with Crippen LogP contribution in [0.3, 0.4) is 0 Å². The van der Waals surface area contributed by atoms with E-state index in [-0.39, 0.29) is 17.7 Å². The van der Waals surface area contributed by atoms with Gasteiger partial charge in [0.25, 0.3) is 11.8 Å². The first kappa shape index (κ1) is 21.2. The molecular formula is C25H30N2O4. The zero-order valence-electron chi connectivity index (χ0n) is 18.1. The highest BCUT2D eigenvalue weighted by Crippen LogP contribution is 2.23. The Bertz CT molecular complexity index is 906. The van der Waals surface area contributed by atoms with E-state index in [0.29, 0.717) is 30.0 Å². The molecule has 2 saturated heterocycles. The van der Waals surface area contributed by atoms with Crippen LogP contribution in [0, 0.1) is 5.92 Å². The van der Waals surface area contributed by atoms with Crippen LogP contribution < -0.4 is 9.47 Å². The van der Waals surface area contributed by atoms with Crippen LogP contribution in [0.25, 0.3) is 0 Å². The van der Waals surface area contributed by atoms with Crippen LogP contribution in [0.1, 0.15) is 46.4 Å². The predicted octanol–water partition coefficient (Wildman–Crippen LogP) is 3.86. The Morgan fingerprint density at radius 1 is 0.871 bits per heavy atom. The van der Waals surface area contributed by atoms with E-state index >= 15 is 0 Å². The number of nitrogens with zero attached hydrogens (tertiary/aromatic N) is 2. The van der Waals surface area contributed by atoms with Crippen molar-refractivity contribution < 1.29 is 19.1 Å².